The molecule has 2 N–H and O–H groups in total. The average Bonchev–Trinajstić information content (AvgIpc) is 2.57. The maximum atomic E-state index is 12.6. The van der Waals surface area contributed by atoms with Gasteiger partial charge >= 0.3 is 0 Å². The highest BCUT2D eigenvalue weighted by Crippen LogP contribution is 2.23. The molecule has 0 saturated heterocycles. The number of carbonyl (C=O) groups excluding carboxylic acids is 1. The van der Waals surface area contributed by atoms with Gasteiger partial charge in [-0.05, 0) is 55.3 Å². The van der Waals surface area contributed by atoms with Crippen LogP contribution in [0.2, 0.25) is 5.02 Å². The van der Waals surface area contributed by atoms with E-state index in [0.29, 0.717) is 28.4 Å². The number of sulfonamides is 1. The summed E-state index contributed by atoms with van der Waals surface area (Å²) in [5.41, 5.74) is 1.47. The summed E-state index contributed by atoms with van der Waals surface area (Å²) in [6, 6.07) is 10.9. The van der Waals surface area contributed by atoms with Crippen LogP contribution in [0.25, 0.3) is 0 Å². The van der Waals surface area contributed by atoms with Gasteiger partial charge in [0, 0.05) is 17.1 Å². The minimum Gasteiger partial charge on any atom is -0.352 e. The predicted octanol–water partition coefficient (Wildman–Crippen LogP) is 3.98. The van der Waals surface area contributed by atoms with E-state index in [1.54, 1.807) is 37.3 Å². The van der Waals surface area contributed by atoms with Gasteiger partial charge in [-0.1, -0.05) is 31.0 Å². The van der Waals surface area contributed by atoms with Crippen LogP contribution in [0, 0.1) is 6.92 Å². The largest absolute Gasteiger partial charge is 0.352 e. The van der Waals surface area contributed by atoms with Gasteiger partial charge in [-0.25, -0.2) is 8.42 Å². The molecule has 25 heavy (non-hydrogen) atoms. The van der Waals surface area contributed by atoms with Gasteiger partial charge < -0.3 is 5.32 Å². The SMILES string of the molecule is CCCCNC(=O)c1cccc(S(=O)(=O)Nc2ccc(Cl)cc2C)c1. The van der Waals surface area contributed by atoms with Crippen LogP contribution in [-0.4, -0.2) is 20.9 Å². The van der Waals surface area contributed by atoms with Gasteiger partial charge in [0.15, 0.2) is 0 Å². The molecule has 2 aromatic rings. The third-order valence-electron chi connectivity index (χ3n) is 3.66. The number of nitrogens with one attached hydrogen (secondary N) is 2. The molecule has 1 amide bonds. The van der Waals surface area contributed by atoms with Crippen LogP contribution in [0.4, 0.5) is 5.69 Å². The minimum atomic E-state index is -3.80. The second kappa shape index (κ2) is 8.36. The molecular formula is C18H21ClN2O3S. The molecule has 0 heterocycles. The lowest BCUT2D eigenvalue weighted by atomic mass is 10.2. The fourth-order valence-electron chi connectivity index (χ4n) is 2.23. The average molecular weight is 381 g/mol. The molecule has 0 aromatic heterocycles. The third kappa shape index (κ3) is 5.21. The Kier molecular flexibility index (Phi) is 6.45. The molecule has 0 aliphatic carbocycles. The second-order valence-electron chi connectivity index (χ2n) is 5.70. The predicted molar refractivity (Wildman–Crippen MR) is 101 cm³/mol. The molecule has 0 aliphatic rings. The molecule has 0 spiro atoms. The van der Waals surface area contributed by atoms with Crippen molar-refractivity contribution < 1.29 is 13.2 Å². The zero-order chi connectivity index (χ0) is 18.4. The molecule has 0 fully saturated rings. The number of hydrogen-bond donors (Lipinski definition) is 2. The molecule has 7 heteroatoms. The number of unbranched alkanes of at least 4 members (excludes halogenated alkanes) is 1. The highest BCUT2D eigenvalue weighted by atomic mass is 35.5. The fraction of sp³-hybridized carbons (Fsp3) is 0.278. The maximum absolute atomic E-state index is 12.6. The van der Waals surface area contributed by atoms with Crippen LogP contribution >= 0.6 is 11.6 Å². The van der Waals surface area contributed by atoms with E-state index < -0.39 is 10.0 Å². The van der Waals surface area contributed by atoms with Crippen molar-refractivity contribution in [2.24, 2.45) is 0 Å². The number of benzene rings is 2. The lowest BCUT2D eigenvalue weighted by Gasteiger charge is -2.12. The summed E-state index contributed by atoms with van der Waals surface area (Å²) in [7, 11) is -3.80. The molecule has 0 saturated carbocycles. The Balaban J connectivity index is 2.22. The van der Waals surface area contributed by atoms with E-state index in [1.165, 1.54) is 12.1 Å². The van der Waals surface area contributed by atoms with E-state index in [2.05, 4.69) is 10.0 Å². The van der Waals surface area contributed by atoms with Crippen molar-refractivity contribution >= 4 is 33.2 Å². The molecule has 2 rings (SSSR count). The topological polar surface area (TPSA) is 75.3 Å². The first-order chi connectivity index (χ1) is 11.8. The van der Waals surface area contributed by atoms with E-state index in [0.717, 1.165) is 12.8 Å². The summed E-state index contributed by atoms with van der Waals surface area (Å²) in [5, 5.41) is 3.31. The van der Waals surface area contributed by atoms with Crippen LogP contribution < -0.4 is 10.0 Å². The highest BCUT2D eigenvalue weighted by Gasteiger charge is 2.17. The van der Waals surface area contributed by atoms with E-state index in [-0.39, 0.29) is 10.8 Å². The normalized spacial score (nSPS) is 11.2. The molecule has 0 atom stereocenters. The van der Waals surface area contributed by atoms with Crippen molar-refractivity contribution in [1.82, 2.24) is 5.32 Å². The number of carbonyl (C=O) groups is 1. The van der Waals surface area contributed by atoms with Crippen molar-refractivity contribution in [2.45, 2.75) is 31.6 Å². The van der Waals surface area contributed by atoms with Crippen LogP contribution in [-0.2, 0) is 10.0 Å². The Morgan fingerprint density at radius 2 is 1.92 bits per heavy atom. The summed E-state index contributed by atoms with van der Waals surface area (Å²) in [5.74, 6) is -0.284. The van der Waals surface area contributed by atoms with Gasteiger partial charge in [-0.15, -0.1) is 0 Å². The number of halogens is 1. The number of amides is 1. The van der Waals surface area contributed by atoms with Gasteiger partial charge in [-0.2, -0.15) is 0 Å². The smallest absolute Gasteiger partial charge is 0.261 e. The Morgan fingerprint density at radius 3 is 2.60 bits per heavy atom. The van der Waals surface area contributed by atoms with Crippen LogP contribution in [0.5, 0.6) is 0 Å². The van der Waals surface area contributed by atoms with Crippen molar-refractivity contribution in [3.63, 3.8) is 0 Å². The summed E-state index contributed by atoms with van der Waals surface area (Å²) in [6.45, 7) is 4.36. The van der Waals surface area contributed by atoms with Crippen molar-refractivity contribution in [3.05, 3.63) is 58.6 Å². The van der Waals surface area contributed by atoms with Gasteiger partial charge in [0.2, 0.25) is 0 Å². The highest BCUT2D eigenvalue weighted by molar-refractivity contribution is 7.92. The van der Waals surface area contributed by atoms with E-state index in [9.17, 15) is 13.2 Å². The molecule has 5 nitrogen and oxygen atoms in total. The molecule has 0 bridgehead atoms. The molecule has 0 radical (unpaired) electrons. The lowest BCUT2D eigenvalue weighted by Crippen LogP contribution is -2.24. The zero-order valence-electron chi connectivity index (χ0n) is 14.2. The van der Waals surface area contributed by atoms with E-state index in [4.69, 9.17) is 11.6 Å². The Bertz CT molecular complexity index is 866. The zero-order valence-corrected chi connectivity index (χ0v) is 15.7. The summed E-state index contributed by atoms with van der Waals surface area (Å²) < 4.78 is 27.7. The Morgan fingerprint density at radius 1 is 1.16 bits per heavy atom. The van der Waals surface area contributed by atoms with E-state index >= 15 is 0 Å². The quantitative estimate of drug-likeness (QED) is 0.713. The number of hydrogen-bond acceptors (Lipinski definition) is 3. The first kappa shape index (κ1) is 19.3. The monoisotopic (exact) mass is 380 g/mol. The van der Waals surface area contributed by atoms with Crippen LogP contribution in [0.1, 0.15) is 35.7 Å². The minimum absolute atomic E-state index is 0.0324. The second-order valence-corrected chi connectivity index (χ2v) is 7.82. The van der Waals surface area contributed by atoms with Gasteiger partial charge in [0.1, 0.15) is 0 Å². The molecule has 2 aromatic carbocycles. The number of anilines is 1. The van der Waals surface area contributed by atoms with Gasteiger partial charge in [0.05, 0.1) is 10.6 Å². The summed E-state index contributed by atoms with van der Waals surface area (Å²) in [4.78, 5) is 12.1. The summed E-state index contributed by atoms with van der Waals surface area (Å²) in [6.07, 6.45) is 1.85. The molecular weight excluding hydrogens is 360 g/mol. The first-order valence-corrected chi connectivity index (χ1v) is 9.87. The first-order valence-electron chi connectivity index (χ1n) is 8.00. The van der Waals surface area contributed by atoms with Gasteiger partial charge in [-0.3, -0.25) is 9.52 Å². The Labute approximate surface area is 153 Å². The maximum Gasteiger partial charge on any atom is 0.261 e. The molecule has 0 aliphatic heterocycles. The van der Waals surface area contributed by atoms with Crippen molar-refractivity contribution in [1.29, 1.82) is 0 Å². The Hall–Kier alpha value is -2.05. The lowest BCUT2D eigenvalue weighted by molar-refractivity contribution is 0.0953. The molecule has 0 unspecified atom stereocenters. The van der Waals surface area contributed by atoms with Crippen LogP contribution in [0.15, 0.2) is 47.4 Å². The van der Waals surface area contributed by atoms with Crippen molar-refractivity contribution in [3.8, 4) is 0 Å². The number of aryl methyl sites for hydroxylation is 1. The summed E-state index contributed by atoms with van der Waals surface area (Å²) >= 11 is 5.89. The van der Waals surface area contributed by atoms with E-state index in [1.807, 2.05) is 6.92 Å². The number of rotatable bonds is 7. The fourth-order valence-corrected chi connectivity index (χ4v) is 3.63. The van der Waals surface area contributed by atoms with Crippen molar-refractivity contribution in [2.75, 3.05) is 11.3 Å². The third-order valence-corrected chi connectivity index (χ3v) is 5.25. The standard InChI is InChI=1S/C18H21ClN2O3S/c1-3-4-10-20-18(22)14-6-5-7-16(12-14)25(23,24)21-17-9-8-15(19)11-13(17)2/h5-9,11-12,21H,3-4,10H2,1-2H3,(H,20,22). The molecule has 134 valence electrons. The van der Waals surface area contributed by atoms with Gasteiger partial charge in [0.25, 0.3) is 15.9 Å². The van der Waals surface area contributed by atoms with Crippen LogP contribution in [0.3, 0.4) is 0 Å².